The van der Waals surface area contributed by atoms with Gasteiger partial charge in [-0.2, -0.15) is 0 Å². The average molecular weight is 249 g/mol. The molecular weight excluding hydrogens is 226 g/mol. The summed E-state index contributed by atoms with van der Waals surface area (Å²) in [6, 6.07) is 0. The van der Waals surface area contributed by atoms with Crippen LogP contribution in [0.15, 0.2) is 23.3 Å². The molecule has 0 saturated heterocycles. The fraction of sp³-hybridized carbons (Fsp3) is 0.667. The summed E-state index contributed by atoms with van der Waals surface area (Å²) < 4.78 is 5.38. The number of hydrogen-bond donors (Lipinski definition) is 0. The molecule has 0 aromatic rings. The minimum Gasteiger partial charge on any atom is -0.444 e. The molecule has 0 fully saturated rings. The summed E-state index contributed by atoms with van der Waals surface area (Å²) in [7, 11) is 0. The van der Waals surface area contributed by atoms with Gasteiger partial charge in [0.05, 0.1) is 0 Å². The number of hydrogen-bond acceptors (Lipinski definition) is 2. The minimum absolute atomic E-state index is 0.196. The van der Waals surface area contributed by atoms with Crippen LogP contribution in [0.25, 0.3) is 0 Å². The first-order valence-electron chi connectivity index (χ1n) is 6.82. The molecule has 1 heterocycles. The first-order chi connectivity index (χ1) is 8.46. The Balaban J connectivity index is 1.91. The van der Waals surface area contributed by atoms with E-state index in [4.69, 9.17) is 4.74 Å². The highest BCUT2D eigenvalue weighted by Crippen LogP contribution is 2.28. The van der Waals surface area contributed by atoms with E-state index in [1.807, 2.05) is 20.8 Å². The van der Waals surface area contributed by atoms with Crippen molar-refractivity contribution in [3.05, 3.63) is 23.3 Å². The summed E-state index contributed by atoms with van der Waals surface area (Å²) in [4.78, 5) is 13.7. The van der Waals surface area contributed by atoms with Crippen molar-refractivity contribution in [1.82, 2.24) is 4.90 Å². The molecule has 1 amide bonds. The van der Waals surface area contributed by atoms with E-state index in [2.05, 4.69) is 12.2 Å². The normalized spacial score (nSPS) is 20.5. The second-order valence-corrected chi connectivity index (χ2v) is 6.03. The molecule has 0 N–H and O–H groups in total. The first-order valence-corrected chi connectivity index (χ1v) is 6.82. The van der Waals surface area contributed by atoms with Gasteiger partial charge in [-0.25, -0.2) is 4.79 Å². The topological polar surface area (TPSA) is 29.5 Å². The molecule has 0 saturated carbocycles. The van der Waals surface area contributed by atoms with Gasteiger partial charge in [0.1, 0.15) is 5.60 Å². The third-order valence-electron chi connectivity index (χ3n) is 3.31. The Morgan fingerprint density at radius 2 is 1.94 bits per heavy atom. The third-order valence-corrected chi connectivity index (χ3v) is 3.31. The van der Waals surface area contributed by atoms with Gasteiger partial charge in [-0.05, 0) is 57.6 Å². The van der Waals surface area contributed by atoms with E-state index >= 15 is 0 Å². The quantitative estimate of drug-likeness (QED) is 0.709. The molecule has 3 nitrogen and oxygen atoms in total. The summed E-state index contributed by atoms with van der Waals surface area (Å²) in [5.41, 5.74) is 2.53. The van der Waals surface area contributed by atoms with Gasteiger partial charge in [0, 0.05) is 13.1 Å². The van der Waals surface area contributed by atoms with Gasteiger partial charge in [-0.15, -0.1) is 0 Å². The van der Waals surface area contributed by atoms with E-state index in [-0.39, 0.29) is 6.09 Å². The Hall–Kier alpha value is -1.25. The molecule has 1 aliphatic heterocycles. The van der Waals surface area contributed by atoms with Gasteiger partial charge in [0.15, 0.2) is 0 Å². The Labute approximate surface area is 109 Å². The molecule has 3 heteroatoms. The number of carbonyl (C=O) groups excluding carboxylic acids is 1. The zero-order valence-corrected chi connectivity index (χ0v) is 11.7. The van der Waals surface area contributed by atoms with Crippen molar-refractivity contribution >= 4 is 6.09 Å². The number of allylic oxidation sites excluding steroid dienone is 2. The standard InChI is InChI=1S/C15H23NO2/c1-15(2,3)18-14(17)16-10-8-13(9-11-16)12-6-4-5-7-12/h6,8H,4-5,7,9-11H2,1-3H3. The van der Waals surface area contributed by atoms with Crippen molar-refractivity contribution in [3.8, 4) is 0 Å². The maximum Gasteiger partial charge on any atom is 0.410 e. The molecule has 18 heavy (non-hydrogen) atoms. The molecule has 0 atom stereocenters. The van der Waals surface area contributed by atoms with Gasteiger partial charge in [-0.3, -0.25) is 0 Å². The van der Waals surface area contributed by atoms with Crippen LogP contribution in [-0.4, -0.2) is 29.7 Å². The van der Waals surface area contributed by atoms with Gasteiger partial charge >= 0.3 is 6.09 Å². The lowest BCUT2D eigenvalue weighted by atomic mass is 9.99. The van der Waals surface area contributed by atoms with Gasteiger partial charge < -0.3 is 9.64 Å². The fourth-order valence-electron chi connectivity index (χ4n) is 2.42. The third kappa shape index (κ3) is 3.37. The van der Waals surface area contributed by atoms with Crippen LogP contribution in [0.4, 0.5) is 4.79 Å². The Bertz CT molecular complexity index is 388. The van der Waals surface area contributed by atoms with E-state index in [0.29, 0.717) is 6.54 Å². The SMILES string of the molecule is CC(C)(C)OC(=O)N1CC=C(C2=CCCC2)CC1. The molecular formula is C15H23NO2. The number of ether oxygens (including phenoxy) is 1. The fourth-order valence-corrected chi connectivity index (χ4v) is 2.42. The number of nitrogens with zero attached hydrogens (tertiary/aromatic N) is 1. The summed E-state index contributed by atoms with van der Waals surface area (Å²) in [5.74, 6) is 0. The maximum atomic E-state index is 11.9. The van der Waals surface area contributed by atoms with Crippen molar-refractivity contribution in [2.24, 2.45) is 0 Å². The maximum absolute atomic E-state index is 11.9. The van der Waals surface area contributed by atoms with Crippen molar-refractivity contribution in [2.75, 3.05) is 13.1 Å². The van der Waals surface area contributed by atoms with Crippen LogP contribution in [0.5, 0.6) is 0 Å². The zero-order valence-electron chi connectivity index (χ0n) is 11.7. The predicted octanol–water partition coefficient (Wildman–Crippen LogP) is 3.66. The molecule has 0 radical (unpaired) electrons. The molecule has 0 spiro atoms. The summed E-state index contributed by atoms with van der Waals surface area (Å²) in [6.45, 7) is 7.16. The van der Waals surface area contributed by atoms with Gasteiger partial charge in [0.2, 0.25) is 0 Å². The summed E-state index contributed by atoms with van der Waals surface area (Å²) in [6.07, 6.45) is 8.99. The van der Waals surface area contributed by atoms with Gasteiger partial charge in [-0.1, -0.05) is 12.2 Å². The Morgan fingerprint density at radius 3 is 2.44 bits per heavy atom. The molecule has 100 valence electrons. The highest BCUT2D eigenvalue weighted by atomic mass is 16.6. The van der Waals surface area contributed by atoms with Crippen LogP contribution in [0.1, 0.15) is 46.5 Å². The van der Waals surface area contributed by atoms with Gasteiger partial charge in [0.25, 0.3) is 0 Å². The molecule has 2 aliphatic rings. The van der Waals surface area contributed by atoms with Crippen molar-refractivity contribution in [2.45, 2.75) is 52.1 Å². The first kappa shape index (κ1) is 13.2. The molecule has 1 aliphatic carbocycles. The zero-order chi connectivity index (χ0) is 13.2. The van der Waals surface area contributed by atoms with E-state index in [9.17, 15) is 4.79 Å². The van der Waals surface area contributed by atoms with Crippen LogP contribution < -0.4 is 0 Å². The highest BCUT2D eigenvalue weighted by Gasteiger charge is 2.24. The largest absolute Gasteiger partial charge is 0.444 e. The van der Waals surface area contributed by atoms with Crippen LogP contribution in [0.3, 0.4) is 0 Å². The lowest BCUT2D eigenvalue weighted by molar-refractivity contribution is 0.0266. The Kier molecular flexibility index (Phi) is 3.79. The van der Waals surface area contributed by atoms with Crippen LogP contribution in [0.2, 0.25) is 0 Å². The van der Waals surface area contributed by atoms with Crippen LogP contribution in [0, 0.1) is 0 Å². The van der Waals surface area contributed by atoms with E-state index in [1.165, 1.54) is 30.4 Å². The minimum atomic E-state index is -0.408. The number of carbonyl (C=O) groups is 1. The number of rotatable bonds is 1. The lowest BCUT2D eigenvalue weighted by Gasteiger charge is -2.29. The smallest absolute Gasteiger partial charge is 0.410 e. The summed E-state index contributed by atoms with van der Waals surface area (Å²) >= 11 is 0. The second kappa shape index (κ2) is 5.17. The van der Waals surface area contributed by atoms with Crippen LogP contribution >= 0.6 is 0 Å². The van der Waals surface area contributed by atoms with Crippen molar-refractivity contribution in [3.63, 3.8) is 0 Å². The molecule has 0 aromatic heterocycles. The Morgan fingerprint density at radius 1 is 1.22 bits per heavy atom. The monoisotopic (exact) mass is 249 g/mol. The molecule has 0 aromatic carbocycles. The highest BCUT2D eigenvalue weighted by molar-refractivity contribution is 5.68. The second-order valence-electron chi connectivity index (χ2n) is 6.03. The van der Waals surface area contributed by atoms with E-state index in [1.54, 1.807) is 4.90 Å². The molecule has 2 rings (SSSR count). The van der Waals surface area contributed by atoms with E-state index < -0.39 is 5.60 Å². The molecule has 0 bridgehead atoms. The molecule has 0 unspecified atom stereocenters. The summed E-state index contributed by atoms with van der Waals surface area (Å²) in [5, 5.41) is 0. The van der Waals surface area contributed by atoms with Crippen LogP contribution in [-0.2, 0) is 4.74 Å². The van der Waals surface area contributed by atoms with Crippen molar-refractivity contribution in [1.29, 1.82) is 0 Å². The lowest BCUT2D eigenvalue weighted by Crippen LogP contribution is -2.39. The predicted molar refractivity (Wildman–Crippen MR) is 72.4 cm³/mol. The average Bonchev–Trinajstić information content (AvgIpc) is 2.80. The van der Waals surface area contributed by atoms with E-state index in [0.717, 1.165) is 13.0 Å². The van der Waals surface area contributed by atoms with Crippen molar-refractivity contribution < 1.29 is 9.53 Å². The number of amides is 1.